The van der Waals surface area contributed by atoms with Gasteiger partial charge in [-0.3, -0.25) is 0 Å². The number of benzene rings is 1. The molecule has 1 aromatic rings. The first-order valence-electron chi connectivity index (χ1n) is 5.57. The molecule has 4 heteroatoms. The Labute approximate surface area is 102 Å². The summed E-state index contributed by atoms with van der Waals surface area (Å²) in [6.45, 7) is 4.26. The second-order valence-corrected chi connectivity index (χ2v) is 4.10. The summed E-state index contributed by atoms with van der Waals surface area (Å²) < 4.78 is 0. The van der Waals surface area contributed by atoms with E-state index in [9.17, 15) is 0 Å². The van der Waals surface area contributed by atoms with E-state index >= 15 is 0 Å². The molecule has 0 saturated heterocycles. The van der Waals surface area contributed by atoms with E-state index in [4.69, 9.17) is 22.4 Å². The highest BCUT2D eigenvalue weighted by Gasteiger charge is 2.07. The zero-order chi connectivity index (χ0) is 12.0. The third-order valence-electron chi connectivity index (χ3n) is 2.49. The second kappa shape index (κ2) is 6.74. The predicted molar refractivity (Wildman–Crippen MR) is 68.9 cm³/mol. The van der Waals surface area contributed by atoms with Crippen LogP contribution in [0.5, 0.6) is 0 Å². The number of nitrogens with two attached hydrogens (primary N) is 1. The molecule has 16 heavy (non-hydrogen) atoms. The van der Waals surface area contributed by atoms with Gasteiger partial charge in [0.05, 0.1) is 6.61 Å². The number of hydrogen-bond donors (Lipinski definition) is 2. The molecule has 0 aliphatic rings. The highest BCUT2D eigenvalue weighted by atomic mass is 35.5. The van der Waals surface area contributed by atoms with Crippen molar-refractivity contribution in [2.75, 3.05) is 24.6 Å². The molecule has 0 saturated carbocycles. The first kappa shape index (κ1) is 13.3. The summed E-state index contributed by atoms with van der Waals surface area (Å²) in [6.07, 6.45) is 1.04. The minimum absolute atomic E-state index is 0.149. The molecule has 0 heterocycles. The van der Waals surface area contributed by atoms with Crippen LogP contribution in [0.25, 0.3) is 0 Å². The van der Waals surface area contributed by atoms with Gasteiger partial charge >= 0.3 is 0 Å². The molecule has 3 nitrogen and oxygen atoms in total. The maximum atomic E-state index is 9.00. The van der Waals surface area contributed by atoms with E-state index < -0.39 is 0 Å². The monoisotopic (exact) mass is 242 g/mol. The Morgan fingerprint density at radius 3 is 2.62 bits per heavy atom. The van der Waals surface area contributed by atoms with E-state index in [1.54, 1.807) is 0 Å². The van der Waals surface area contributed by atoms with Gasteiger partial charge in [0.25, 0.3) is 0 Å². The fourth-order valence-corrected chi connectivity index (χ4v) is 1.91. The van der Waals surface area contributed by atoms with Crippen LogP contribution in [0, 0.1) is 0 Å². The highest BCUT2D eigenvalue weighted by molar-refractivity contribution is 6.31. The smallest absolute Gasteiger partial charge is 0.0606 e. The van der Waals surface area contributed by atoms with Crippen molar-refractivity contribution in [3.63, 3.8) is 0 Å². The number of aliphatic hydroxyl groups is 1. The van der Waals surface area contributed by atoms with Crippen LogP contribution in [0.3, 0.4) is 0 Å². The molecule has 0 fully saturated rings. The average Bonchev–Trinajstić information content (AvgIpc) is 2.28. The van der Waals surface area contributed by atoms with Gasteiger partial charge < -0.3 is 15.7 Å². The molecule has 0 atom stereocenters. The zero-order valence-electron chi connectivity index (χ0n) is 9.62. The molecule has 90 valence electrons. The number of anilines is 1. The molecule has 0 aliphatic carbocycles. The normalized spacial score (nSPS) is 10.5. The van der Waals surface area contributed by atoms with Crippen LogP contribution < -0.4 is 10.6 Å². The lowest BCUT2D eigenvalue weighted by molar-refractivity contribution is 0.302. The Balaban J connectivity index is 2.87. The lowest BCUT2D eigenvalue weighted by Gasteiger charge is -2.23. The Bertz CT molecular complexity index is 325. The highest BCUT2D eigenvalue weighted by Crippen LogP contribution is 2.23. The summed E-state index contributed by atoms with van der Waals surface area (Å²) >= 11 is 6.10. The molecule has 0 spiro atoms. The summed E-state index contributed by atoms with van der Waals surface area (Å²) in [7, 11) is 0. The second-order valence-electron chi connectivity index (χ2n) is 3.69. The maximum absolute atomic E-state index is 9.00. The molecule has 0 unspecified atom stereocenters. The number of rotatable bonds is 6. The minimum Gasteiger partial charge on any atom is -0.395 e. The van der Waals surface area contributed by atoms with Crippen LogP contribution in [0.1, 0.15) is 18.9 Å². The summed E-state index contributed by atoms with van der Waals surface area (Å²) in [5.74, 6) is 0. The lowest BCUT2D eigenvalue weighted by atomic mass is 10.2. The number of aliphatic hydroxyl groups excluding tert-OH is 1. The lowest BCUT2D eigenvalue weighted by Crippen LogP contribution is -2.27. The Kier molecular flexibility index (Phi) is 5.60. The summed E-state index contributed by atoms with van der Waals surface area (Å²) in [6, 6.07) is 5.85. The van der Waals surface area contributed by atoms with E-state index in [1.807, 2.05) is 18.2 Å². The van der Waals surface area contributed by atoms with Gasteiger partial charge in [-0.05, 0) is 24.1 Å². The van der Waals surface area contributed by atoms with Crippen molar-refractivity contribution in [1.29, 1.82) is 0 Å². The number of nitrogens with zero attached hydrogens (tertiary/aromatic N) is 1. The van der Waals surface area contributed by atoms with Crippen molar-refractivity contribution in [2.24, 2.45) is 5.73 Å². The van der Waals surface area contributed by atoms with Gasteiger partial charge in [-0.25, -0.2) is 0 Å². The molecular weight excluding hydrogens is 224 g/mol. The zero-order valence-corrected chi connectivity index (χ0v) is 10.4. The average molecular weight is 243 g/mol. The molecule has 0 aromatic heterocycles. The minimum atomic E-state index is 0.149. The summed E-state index contributed by atoms with van der Waals surface area (Å²) in [4.78, 5) is 2.12. The van der Waals surface area contributed by atoms with Gasteiger partial charge in [0.15, 0.2) is 0 Å². The number of halogens is 1. The molecule has 3 N–H and O–H groups in total. The van der Waals surface area contributed by atoms with E-state index in [0.29, 0.717) is 18.1 Å². The fraction of sp³-hybridized carbons (Fsp3) is 0.500. The third kappa shape index (κ3) is 3.37. The molecule has 1 rings (SSSR count). The van der Waals surface area contributed by atoms with Crippen LogP contribution in [0.2, 0.25) is 5.02 Å². The van der Waals surface area contributed by atoms with Crippen LogP contribution in [-0.2, 0) is 6.54 Å². The maximum Gasteiger partial charge on any atom is 0.0606 e. The van der Waals surface area contributed by atoms with E-state index in [2.05, 4.69) is 11.8 Å². The summed E-state index contributed by atoms with van der Waals surface area (Å²) in [5.41, 5.74) is 7.55. The largest absolute Gasteiger partial charge is 0.395 e. The molecule has 0 bridgehead atoms. The first-order chi connectivity index (χ1) is 7.72. The first-order valence-corrected chi connectivity index (χ1v) is 5.95. The topological polar surface area (TPSA) is 49.5 Å². The Morgan fingerprint density at radius 1 is 1.38 bits per heavy atom. The Morgan fingerprint density at radius 2 is 2.12 bits per heavy atom. The third-order valence-corrected chi connectivity index (χ3v) is 2.84. The van der Waals surface area contributed by atoms with E-state index in [1.165, 1.54) is 0 Å². The van der Waals surface area contributed by atoms with Crippen LogP contribution in [0.15, 0.2) is 18.2 Å². The van der Waals surface area contributed by atoms with Crippen LogP contribution in [0.4, 0.5) is 5.69 Å². The van der Waals surface area contributed by atoms with Crippen LogP contribution >= 0.6 is 11.6 Å². The number of hydrogen-bond acceptors (Lipinski definition) is 3. The SMILES string of the molecule is CCCN(CCO)c1ccc(CN)c(Cl)c1. The van der Waals surface area contributed by atoms with Crippen molar-refractivity contribution < 1.29 is 5.11 Å². The van der Waals surface area contributed by atoms with E-state index in [0.717, 1.165) is 24.2 Å². The quantitative estimate of drug-likeness (QED) is 0.802. The Hall–Kier alpha value is -0.770. The molecule has 0 aliphatic heterocycles. The molecule has 0 amide bonds. The van der Waals surface area contributed by atoms with Gasteiger partial charge in [0.2, 0.25) is 0 Å². The standard InChI is InChI=1S/C12H19ClN2O/c1-2-5-15(6-7-16)11-4-3-10(9-14)12(13)8-11/h3-4,8,16H,2,5-7,9,14H2,1H3. The predicted octanol–water partition coefficient (Wildman–Crippen LogP) is 2.01. The van der Waals surface area contributed by atoms with Crippen molar-refractivity contribution >= 4 is 17.3 Å². The van der Waals surface area contributed by atoms with Crippen LogP contribution in [-0.4, -0.2) is 24.8 Å². The molecule has 0 radical (unpaired) electrons. The van der Waals surface area contributed by atoms with Crippen molar-refractivity contribution in [3.8, 4) is 0 Å². The fourth-order valence-electron chi connectivity index (χ4n) is 1.66. The van der Waals surface area contributed by atoms with Gasteiger partial charge in [0.1, 0.15) is 0 Å². The van der Waals surface area contributed by atoms with Gasteiger partial charge in [-0.2, -0.15) is 0 Å². The van der Waals surface area contributed by atoms with E-state index in [-0.39, 0.29) is 6.61 Å². The van der Waals surface area contributed by atoms with Crippen molar-refractivity contribution in [1.82, 2.24) is 0 Å². The summed E-state index contributed by atoms with van der Waals surface area (Å²) in [5, 5.41) is 9.69. The van der Waals surface area contributed by atoms with Crippen molar-refractivity contribution in [2.45, 2.75) is 19.9 Å². The van der Waals surface area contributed by atoms with Crippen molar-refractivity contribution in [3.05, 3.63) is 28.8 Å². The molecular formula is C12H19ClN2O. The van der Waals surface area contributed by atoms with Gasteiger partial charge in [-0.1, -0.05) is 24.6 Å². The van der Waals surface area contributed by atoms with Gasteiger partial charge in [0, 0.05) is 30.3 Å². The molecule has 1 aromatic carbocycles. The van der Waals surface area contributed by atoms with Gasteiger partial charge in [-0.15, -0.1) is 0 Å².